The second kappa shape index (κ2) is 6.57. The third-order valence-electron chi connectivity index (χ3n) is 4.48. The minimum Gasteiger partial charge on any atom is -0.482 e. The van der Waals surface area contributed by atoms with Gasteiger partial charge in [-0.15, -0.1) is 0 Å². The average Bonchev–Trinajstić information content (AvgIpc) is 2.54. The van der Waals surface area contributed by atoms with Crippen molar-refractivity contribution in [3.8, 4) is 11.5 Å². The van der Waals surface area contributed by atoms with E-state index in [2.05, 4.69) is 17.1 Å². The number of piperidine rings is 1. The number of para-hydroxylation sites is 2. The van der Waals surface area contributed by atoms with Gasteiger partial charge in [0.2, 0.25) is 6.10 Å². The third-order valence-corrected chi connectivity index (χ3v) is 4.48. The Morgan fingerprint density at radius 2 is 1.86 bits per heavy atom. The molecule has 0 spiro atoms. The van der Waals surface area contributed by atoms with Crippen molar-refractivity contribution >= 4 is 5.91 Å². The number of ether oxygens (including phenoxy) is 2. The number of fused-ring (bicyclic) bond motifs is 1. The minimum atomic E-state index is -0.584. The molecule has 0 bridgehead atoms. The van der Waals surface area contributed by atoms with Gasteiger partial charge in [-0.2, -0.15) is 0 Å². The van der Waals surface area contributed by atoms with Gasteiger partial charge in [-0.05, 0) is 38.4 Å². The number of carbonyl (C=O) groups excluding carboxylic acids is 1. The Kier molecular flexibility index (Phi) is 4.52. The van der Waals surface area contributed by atoms with Crippen LogP contribution in [0, 0.1) is 0 Å². The maximum absolute atomic E-state index is 12.5. The molecule has 1 N–H and O–H groups in total. The average molecular weight is 304 g/mol. The molecule has 1 amide bonds. The van der Waals surface area contributed by atoms with E-state index in [-0.39, 0.29) is 18.1 Å². The molecule has 2 aliphatic rings. The van der Waals surface area contributed by atoms with Crippen molar-refractivity contribution in [2.24, 2.45) is 0 Å². The van der Waals surface area contributed by atoms with Crippen LogP contribution in [0.1, 0.15) is 26.7 Å². The number of nitrogens with zero attached hydrogens (tertiary/aromatic N) is 1. The van der Waals surface area contributed by atoms with Gasteiger partial charge in [-0.3, -0.25) is 4.79 Å². The first-order valence-electron chi connectivity index (χ1n) is 8.12. The lowest BCUT2D eigenvalue weighted by molar-refractivity contribution is -0.134. The summed E-state index contributed by atoms with van der Waals surface area (Å²) in [6, 6.07) is 7.72. The third kappa shape index (κ3) is 3.19. The fourth-order valence-electron chi connectivity index (χ4n) is 3.08. The molecule has 0 aromatic heterocycles. The van der Waals surface area contributed by atoms with Crippen LogP contribution in [-0.2, 0) is 4.79 Å². The van der Waals surface area contributed by atoms with Crippen LogP contribution in [0.15, 0.2) is 24.3 Å². The molecule has 2 atom stereocenters. The molecule has 5 heteroatoms. The van der Waals surface area contributed by atoms with E-state index in [1.54, 1.807) is 0 Å². The van der Waals surface area contributed by atoms with E-state index in [1.165, 1.54) is 0 Å². The van der Waals surface area contributed by atoms with Gasteiger partial charge in [0, 0.05) is 19.1 Å². The molecular formula is C17H24N2O3. The number of carbonyl (C=O) groups is 1. The zero-order valence-electron chi connectivity index (χ0n) is 13.2. The lowest BCUT2D eigenvalue weighted by atomic mass is 10.0. The topological polar surface area (TPSA) is 50.8 Å². The summed E-state index contributed by atoms with van der Waals surface area (Å²) in [6.07, 6.45) is 1.13. The molecule has 1 fully saturated rings. The zero-order chi connectivity index (χ0) is 15.5. The quantitative estimate of drug-likeness (QED) is 0.925. The Hall–Kier alpha value is -1.75. The molecule has 22 heavy (non-hydrogen) atoms. The Morgan fingerprint density at radius 3 is 2.50 bits per heavy atom. The molecule has 2 aliphatic heterocycles. The summed E-state index contributed by atoms with van der Waals surface area (Å²) in [4.78, 5) is 14.9. The number of amides is 1. The summed E-state index contributed by atoms with van der Waals surface area (Å²) in [6.45, 7) is 7.21. The molecule has 1 saturated heterocycles. The number of likely N-dealkylation sites (tertiary alicyclic amines) is 1. The van der Waals surface area contributed by atoms with Gasteiger partial charge < -0.3 is 19.7 Å². The summed E-state index contributed by atoms with van der Waals surface area (Å²) >= 11 is 0. The minimum absolute atomic E-state index is 0.0723. The predicted octanol–water partition coefficient (Wildman–Crippen LogP) is 1.82. The summed E-state index contributed by atoms with van der Waals surface area (Å²) in [5, 5.41) is 3.12. The number of hydrogen-bond donors (Lipinski definition) is 1. The molecule has 1 aromatic carbocycles. The largest absolute Gasteiger partial charge is 0.482 e. The molecular weight excluding hydrogens is 280 g/mol. The molecule has 2 unspecified atom stereocenters. The number of hydrogen-bond acceptors (Lipinski definition) is 4. The van der Waals surface area contributed by atoms with Crippen LogP contribution in [-0.4, -0.2) is 48.7 Å². The Balaban J connectivity index is 1.59. The van der Waals surface area contributed by atoms with Crippen LogP contribution in [0.3, 0.4) is 0 Å². The summed E-state index contributed by atoms with van der Waals surface area (Å²) < 4.78 is 11.6. The SMILES string of the molecule is CCN1CCC(NC(=O)C2Oc3ccccc3OC2C)CC1. The van der Waals surface area contributed by atoms with E-state index in [9.17, 15) is 4.79 Å². The molecule has 0 saturated carbocycles. The highest BCUT2D eigenvalue weighted by Crippen LogP contribution is 2.33. The van der Waals surface area contributed by atoms with Gasteiger partial charge >= 0.3 is 0 Å². The van der Waals surface area contributed by atoms with Crippen molar-refractivity contribution in [2.75, 3.05) is 19.6 Å². The Morgan fingerprint density at radius 1 is 1.23 bits per heavy atom. The van der Waals surface area contributed by atoms with E-state index in [1.807, 2.05) is 31.2 Å². The maximum Gasteiger partial charge on any atom is 0.265 e. The highest BCUT2D eigenvalue weighted by molar-refractivity contribution is 5.82. The van der Waals surface area contributed by atoms with Crippen LogP contribution >= 0.6 is 0 Å². The fraction of sp³-hybridized carbons (Fsp3) is 0.588. The molecule has 1 aromatic rings. The van der Waals surface area contributed by atoms with Gasteiger partial charge in [0.15, 0.2) is 11.5 Å². The molecule has 2 heterocycles. The number of nitrogens with one attached hydrogen (secondary N) is 1. The highest BCUT2D eigenvalue weighted by Gasteiger charge is 2.35. The summed E-state index contributed by atoms with van der Waals surface area (Å²) in [7, 11) is 0. The molecule has 120 valence electrons. The van der Waals surface area contributed by atoms with E-state index in [4.69, 9.17) is 9.47 Å². The normalized spacial score (nSPS) is 25.7. The Labute approximate surface area is 131 Å². The van der Waals surface area contributed by atoms with E-state index >= 15 is 0 Å². The maximum atomic E-state index is 12.5. The van der Waals surface area contributed by atoms with Crippen molar-refractivity contribution in [1.29, 1.82) is 0 Å². The zero-order valence-corrected chi connectivity index (χ0v) is 13.2. The van der Waals surface area contributed by atoms with Crippen molar-refractivity contribution in [2.45, 2.75) is 44.9 Å². The predicted molar refractivity (Wildman–Crippen MR) is 84.2 cm³/mol. The summed E-state index contributed by atoms with van der Waals surface area (Å²) in [5.41, 5.74) is 0. The van der Waals surface area contributed by atoms with Crippen molar-refractivity contribution in [1.82, 2.24) is 10.2 Å². The van der Waals surface area contributed by atoms with Crippen molar-refractivity contribution in [3.05, 3.63) is 24.3 Å². The van der Waals surface area contributed by atoms with Gasteiger partial charge in [0.05, 0.1) is 0 Å². The van der Waals surface area contributed by atoms with Crippen LogP contribution < -0.4 is 14.8 Å². The Bertz CT molecular complexity index is 526. The number of benzene rings is 1. The lowest BCUT2D eigenvalue weighted by Crippen LogP contribution is -2.53. The van der Waals surface area contributed by atoms with Gasteiger partial charge in [-0.1, -0.05) is 19.1 Å². The first-order chi connectivity index (χ1) is 10.7. The summed E-state index contributed by atoms with van der Waals surface area (Å²) in [5.74, 6) is 1.27. The van der Waals surface area contributed by atoms with Gasteiger partial charge in [0.25, 0.3) is 5.91 Å². The smallest absolute Gasteiger partial charge is 0.265 e. The van der Waals surface area contributed by atoms with E-state index in [0.29, 0.717) is 11.5 Å². The highest BCUT2D eigenvalue weighted by atomic mass is 16.6. The van der Waals surface area contributed by atoms with E-state index in [0.717, 1.165) is 32.5 Å². The van der Waals surface area contributed by atoms with Crippen molar-refractivity contribution < 1.29 is 14.3 Å². The fourth-order valence-corrected chi connectivity index (χ4v) is 3.08. The van der Waals surface area contributed by atoms with Crippen LogP contribution in [0.4, 0.5) is 0 Å². The van der Waals surface area contributed by atoms with Crippen LogP contribution in [0.2, 0.25) is 0 Å². The molecule has 0 radical (unpaired) electrons. The van der Waals surface area contributed by atoms with E-state index < -0.39 is 6.10 Å². The van der Waals surface area contributed by atoms with Gasteiger partial charge in [0.1, 0.15) is 6.10 Å². The lowest BCUT2D eigenvalue weighted by Gasteiger charge is -2.34. The molecule has 0 aliphatic carbocycles. The standard InChI is InChI=1S/C17H24N2O3/c1-3-19-10-8-13(9-11-19)18-17(20)16-12(2)21-14-6-4-5-7-15(14)22-16/h4-7,12-13,16H,3,8-11H2,1-2H3,(H,18,20). The van der Waals surface area contributed by atoms with Crippen LogP contribution in [0.25, 0.3) is 0 Å². The monoisotopic (exact) mass is 304 g/mol. The van der Waals surface area contributed by atoms with Crippen molar-refractivity contribution in [3.63, 3.8) is 0 Å². The first-order valence-corrected chi connectivity index (χ1v) is 8.12. The second-order valence-electron chi connectivity index (χ2n) is 6.03. The molecule has 5 nitrogen and oxygen atoms in total. The molecule has 3 rings (SSSR count). The van der Waals surface area contributed by atoms with Crippen LogP contribution in [0.5, 0.6) is 11.5 Å². The first kappa shape index (κ1) is 15.2. The number of rotatable bonds is 3. The second-order valence-corrected chi connectivity index (χ2v) is 6.03. The van der Waals surface area contributed by atoms with Gasteiger partial charge in [-0.25, -0.2) is 0 Å².